The Morgan fingerprint density at radius 1 is 1.05 bits per heavy atom. The van der Waals surface area contributed by atoms with Crippen molar-refractivity contribution in [2.75, 3.05) is 18.5 Å². The Morgan fingerprint density at radius 3 is 2.65 bits per heavy atom. The Kier molecular flexibility index (Phi) is 3.78. The van der Waals surface area contributed by atoms with Gasteiger partial charge in [0.25, 0.3) is 0 Å². The molecule has 0 atom stereocenters. The number of hydrogen-bond acceptors (Lipinski definition) is 3. The molecule has 0 radical (unpaired) electrons. The number of ether oxygens (including phenoxy) is 2. The van der Waals surface area contributed by atoms with E-state index < -0.39 is 0 Å². The number of rotatable bonds is 3. The number of halogens is 2. The Hall–Kier alpha value is -1.75. The van der Waals surface area contributed by atoms with Gasteiger partial charge in [0.1, 0.15) is 19.0 Å². The summed E-state index contributed by atoms with van der Waals surface area (Å²) in [5.74, 6) is 1.23. The van der Waals surface area contributed by atoms with Crippen LogP contribution < -0.4 is 14.8 Å². The number of anilines is 1. The number of fused-ring (bicyclic) bond motifs is 1. The van der Waals surface area contributed by atoms with E-state index in [9.17, 15) is 4.39 Å². The Bertz CT molecular complexity index is 633. The molecule has 1 N–H and O–H groups in total. The average molecular weight is 338 g/mol. The molecular formula is C15H13BrFNO2. The van der Waals surface area contributed by atoms with Gasteiger partial charge in [0, 0.05) is 28.3 Å². The molecule has 1 aliphatic rings. The first kappa shape index (κ1) is 13.2. The van der Waals surface area contributed by atoms with Crippen LogP contribution in [0.15, 0.2) is 40.9 Å². The molecule has 0 amide bonds. The number of benzene rings is 2. The average Bonchev–Trinajstić information content (AvgIpc) is 2.46. The van der Waals surface area contributed by atoms with Crippen LogP contribution in [0.5, 0.6) is 11.5 Å². The summed E-state index contributed by atoms with van der Waals surface area (Å²) in [6.45, 7) is 1.54. The Balaban J connectivity index is 1.72. The molecule has 1 heterocycles. The molecule has 0 saturated heterocycles. The first-order valence-electron chi connectivity index (χ1n) is 6.30. The molecule has 5 heteroatoms. The van der Waals surface area contributed by atoms with Crippen LogP contribution in [0.4, 0.5) is 10.1 Å². The summed E-state index contributed by atoms with van der Waals surface area (Å²) < 4.78 is 25.4. The molecule has 0 bridgehead atoms. The van der Waals surface area contributed by atoms with Crippen molar-refractivity contribution in [2.45, 2.75) is 6.54 Å². The van der Waals surface area contributed by atoms with Crippen LogP contribution in [-0.4, -0.2) is 13.2 Å². The molecule has 0 fully saturated rings. The van der Waals surface area contributed by atoms with Crippen LogP contribution in [0.25, 0.3) is 0 Å². The van der Waals surface area contributed by atoms with E-state index in [1.807, 2.05) is 24.3 Å². The van der Waals surface area contributed by atoms with Crippen LogP contribution in [0.3, 0.4) is 0 Å². The lowest BCUT2D eigenvalue weighted by Gasteiger charge is -2.19. The minimum atomic E-state index is -0.232. The van der Waals surface area contributed by atoms with Crippen LogP contribution in [0.1, 0.15) is 5.56 Å². The SMILES string of the molecule is Fc1cc(Br)ccc1CNc1ccc2c(c1)OCCO2. The van der Waals surface area contributed by atoms with E-state index in [-0.39, 0.29) is 5.82 Å². The number of hydrogen-bond donors (Lipinski definition) is 1. The van der Waals surface area contributed by atoms with Crippen molar-refractivity contribution < 1.29 is 13.9 Å². The van der Waals surface area contributed by atoms with Gasteiger partial charge in [-0.05, 0) is 24.3 Å². The molecule has 0 unspecified atom stereocenters. The molecule has 2 aromatic rings. The number of nitrogens with one attached hydrogen (secondary N) is 1. The van der Waals surface area contributed by atoms with Crippen LogP contribution in [0, 0.1) is 5.82 Å². The third-order valence-corrected chi connectivity index (χ3v) is 3.53. The topological polar surface area (TPSA) is 30.5 Å². The smallest absolute Gasteiger partial charge is 0.163 e. The van der Waals surface area contributed by atoms with Crippen molar-refractivity contribution in [3.63, 3.8) is 0 Å². The van der Waals surface area contributed by atoms with E-state index in [1.165, 1.54) is 6.07 Å². The first-order chi connectivity index (χ1) is 9.72. The highest BCUT2D eigenvalue weighted by molar-refractivity contribution is 9.10. The van der Waals surface area contributed by atoms with Gasteiger partial charge in [0.2, 0.25) is 0 Å². The summed E-state index contributed by atoms with van der Waals surface area (Å²) in [5.41, 5.74) is 1.49. The van der Waals surface area contributed by atoms with Gasteiger partial charge in [-0.15, -0.1) is 0 Å². The van der Waals surface area contributed by atoms with Crippen molar-refractivity contribution in [3.05, 3.63) is 52.3 Å². The quantitative estimate of drug-likeness (QED) is 0.919. The van der Waals surface area contributed by atoms with Gasteiger partial charge < -0.3 is 14.8 Å². The highest BCUT2D eigenvalue weighted by Gasteiger charge is 2.11. The molecule has 0 aliphatic carbocycles. The van der Waals surface area contributed by atoms with Gasteiger partial charge in [-0.1, -0.05) is 22.0 Å². The van der Waals surface area contributed by atoms with Crippen molar-refractivity contribution >= 4 is 21.6 Å². The van der Waals surface area contributed by atoms with Crippen LogP contribution >= 0.6 is 15.9 Å². The summed E-state index contributed by atoms with van der Waals surface area (Å²) in [7, 11) is 0. The highest BCUT2D eigenvalue weighted by atomic mass is 79.9. The zero-order valence-electron chi connectivity index (χ0n) is 10.7. The van der Waals surface area contributed by atoms with E-state index in [0.29, 0.717) is 25.3 Å². The second kappa shape index (κ2) is 5.71. The van der Waals surface area contributed by atoms with Crippen molar-refractivity contribution in [2.24, 2.45) is 0 Å². The molecule has 0 spiro atoms. The van der Waals surface area contributed by atoms with Crippen molar-refractivity contribution in [3.8, 4) is 11.5 Å². The zero-order valence-corrected chi connectivity index (χ0v) is 12.2. The second-order valence-corrected chi connectivity index (χ2v) is 5.36. The van der Waals surface area contributed by atoms with E-state index in [4.69, 9.17) is 9.47 Å². The summed E-state index contributed by atoms with van der Waals surface area (Å²) in [6.07, 6.45) is 0. The fourth-order valence-corrected chi connectivity index (χ4v) is 2.35. The van der Waals surface area contributed by atoms with E-state index >= 15 is 0 Å². The highest BCUT2D eigenvalue weighted by Crippen LogP contribution is 2.32. The van der Waals surface area contributed by atoms with Crippen LogP contribution in [0.2, 0.25) is 0 Å². The van der Waals surface area contributed by atoms with E-state index in [2.05, 4.69) is 21.2 Å². The standard InChI is InChI=1S/C15H13BrFNO2/c16-11-2-1-10(13(17)7-11)9-18-12-3-4-14-15(8-12)20-6-5-19-14/h1-4,7-8,18H,5-6,9H2. The maximum Gasteiger partial charge on any atom is 0.163 e. The fourth-order valence-electron chi connectivity index (χ4n) is 2.02. The first-order valence-corrected chi connectivity index (χ1v) is 7.09. The Morgan fingerprint density at radius 2 is 1.85 bits per heavy atom. The largest absolute Gasteiger partial charge is 0.486 e. The minimum absolute atomic E-state index is 0.232. The van der Waals surface area contributed by atoms with E-state index in [0.717, 1.165) is 21.7 Å². The molecule has 0 saturated carbocycles. The van der Waals surface area contributed by atoms with Crippen molar-refractivity contribution in [1.82, 2.24) is 0 Å². The molecule has 3 rings (SSSR count). The van der Waals surface area contributed by atoms with Crippen molar-refractivity contribution in [1.29, 1.82) is 0 Å². The molecule has 3 nitrogen and oxygen atoms in total. The lowest BCUT2D eigenvalue weighted by atomic mass is 10.2. The van der Waals surface area contributed by atoms with Gasteiger partial charge in [-0.2, -0.15) is 0 Å². The third kappa shape index (κ3) is 2.88. The molecule has 20 heavy (non-hydrogen) atoms. The predicted octanol–water partition coefficient (Wildman–Crippen LogP) is 3.97. The third-order valence-electron chi connectivity index (χ3n) is 3.04. The molecule has 0 aromatic heterocycles. The summed E-state index contributed by atoms with van der Waals surface area (Å²) in [6, 6.07) is 10.7. The summed E-state index contributed by atoms with van der Waals surface area (Å²) >= 11 is 3.24. The molecule has 2 aromatic carbocycles. The molecular weight excluding hydrogens is 325 g/mol. The maximum atomic E-state index is 13.7. The predicted molar refractivity (Wildman–Crippen MR) is 78.9 cm³/mol. The van der Waals surface area contributed by atoms with Gasteiger partial charge in [0.15, 0.2) is 11.5 Å². The maximum absolute atomic E-state index is 13.7. The van der Waals surface area contributed by atoms with Gasteiger partial charge in [-0.3, -0.25) is 0 Å². The fraction of sp³-hybridized carbons (Fsp3) is 0.200. The van der Waals surface area contributed by atoms with Gasteiger partial charge in [-0.25, -0.2) is 4.39 Å². The normalized spacial score (nSPS) is 13.1. The minimum Gasteiger partial charge on any atom is -0.486 e. The van der Waals surface area contributed by atoms with Gasteiger partial charge in [0.05, 0.1) is 0 Å². The monoisotopic (exact) mass is 337 g/mol. The lowest BCUT2D eigenvalue weighted by Crippen LogP contribution is -2.15. The zero-order chi connectivity index (χ0) is 13.9. The summed E-state index contributed by atoms with van der Waals surface area (Å²) in [4.78, 5) is 0. The van der Waals surface area contributed by atoms with Gasteiger partial charge >= 0.3 is 0 Å². The lowest BCUT2D eigenvalue weighted by molar-refractivity contribution is 0.171. The molecule has 1 aliphatic heterocycles. The van der Waals surface area contributed by atoms with E-state index in [1.54, 1.807) is 6.07 Å². The summed E-state index contributed by atoms with van der Waals surface area (Å²) in [5, 5.41) is 3.18. The Labute approximate surface area is 124 Å². The van der Waals surface area contributed by atoms with Crippen LogP contribution in [-0.2, 0) is 6.54 Å². The molecule has 104 valence electrons. The second-order valence-electron chi connectivity index (χ2n) is 4.45.